The number of carbonyl (C=O) groups excluding carboxylic acids is 1. The predicted molar refractivity (Wildman–Crippen MR) is 105 cm³/mol. The molecule has 1 unspecified atom stereocenters. The molecule has 2 heterocycles. The Morgan fingerprint density at radius 2 is 2.07 bits per heavy atom. The second-order valence-corrected chi connectivity index (χ2v) is 7.92. The van der Waals surface area contributed by atoms with Gasteiger partial charge in [-0.05, 0) is 43.5 Å². The van der Waals surface area contributed by atoms with Crippen molar-refractivity contribution in [2.24, 2.45) is 0 Å². The van der Waals surface area contributed by atoms with Crippen molar-refractivity contribution in [1.29, 1.82) is 0 Å². The van der Waals surface area contributed by atoms with Gasteiger partial charge in [0.05, 0.1) is 21.2 Å². The van der Waals surface area contributed by atoms with Gasteiger partial charge >= 0.3 is 0 Å². The SMILES string of the molecule is O=C(c1ccc(Cl)c([N+](=O)[O-])c1)N1CCCCC1c1nc2ccccc2s1. The first kappa shape index (κ1) is 17.9. The Bertz CT molecular complexity index is 1000. The van der Waals surface area contributed by atoms with Crippen molar-refractivity contribution in [3.8, 4) is 0 Å². The number of hydrogen-bond donors (Lipinski definition) is 0. The van der Waals surface area contributed by atoms with Crippen LogP contribution in [0.3, 0.4) is 0 Å². The fourth-order valence-corrected chi connectivity index (χ4v) is 4.72. The summed E-state index contributed by atoms with van der Waals surface area (Å²) < 4.78 is 1.09. The van der Waals surface area contributed by atoms with Crippen molar-refractivity contribution in [3.63, 3.8) is 0 Å². The lowest BCUT2D eigenvalue weighted by Gasteiger charge is -2.34. The lowest BCUT2D eigenvalue weighted by molar-refractivity contribution is -0.384. The average molecular weight is 402 g/mol. The van der Waals surface area contributed by atoms with E-state index in [2.05, 4.69) is 0 Å². The lowest BCUT2D eigenvalue weighted by atomic mass is 10.0. The second-order valence-electron chi connectivity index (χ2n) is 6.45. The zero-order valence-corrected chi connectivity index (χ0v) is 15.9. The number of rotatable bonds is 3. The molecule has 0 saturated carbocycles. The maximum absolute atomic E-state index is 13.1. The van der Waals surface area contributed by atoms with E-state index in [1.54, 1.807) is 22.3 Å². The van der Waals surface area contributed by atoms with Crippen LogP contribution in [0.15, 0.2) is 42.5 Å². The molecule has 8 heteroatoms. The van der Waals surface area contributed by atoms with Gasteiger partial charge in [0.25, 0.3) is 11.6 Å². The molecule has 0 bridgehead atoms. The summed E-state index contributed by atoms with van der Waals surface area (Å²) in [6, 6.07) is 12.0. The van der Waals surface area contributed by atoms with Crippen molar-refractivity contribution < 1.29 is 9.72 Å². The van der Waals surface area contributed by atoms with Gasteiger partial charge in [-0.15, -0.1) is 11.3 Å². The van der Waals surface area contributed by atoms with Crippen molar-refractivity contribution in [1.82, 2.24) is 9.88 Å². The minimum absolute atomic E-state index is 0.0258. The minimum atomic E-state index is -0.569. The summed E-state index contributed by atoms with van der Waals surface area (Å²) in [7, 11) is 0. The van der Waals surface area contributed by atoms with Gasteiger partial charge in [0.1, 0.15) is 10.0 Å². The fourth-order valence-electron chi connectivity index (χ4n) is 3.42. The number of para-hydroxylation sites is 1. The van der Waals surface area contributed by atoms with E-state index in [0.717, 1.165) is 34.5 Å². The van der Waals surface area contributed by atoms with Gasteiger partial charge in [-0.2, -0.15) is 0 Å². The molecular formula is C19H16ClN3O3S. The van der Waals surface area contributed by atoms with E-state index in [-0.39, 0.29) is 28.2 Å². The topological polar surface area (TPSA) is 76.3 Å². The average Bonchev–Trinajstić information content (AvgIpc) is 3.11. The van der Waals surface area contributed by atoms with Crippen molar-refractivity contribution in [3.05, 3.63) is 68.2 Å². The Hall–Kier alpha value is -2.51. The summed E-state index contributed by atoms with van der Waals surface area (Å²) in [6.07, 6.45) is 2.76. The summed E-state index contributed by atoms with van der Waals surface area (Å²) >= 11 is 7.47. The molecule has 1 saturated heterocycles. The van der Waals surface area contributed by atoms with Crippen LogP contribution in [0.2, 0.25) is 5.02 Å². The molecule has 6 nitrogen and oxygen atoms in total. The largest absolute Gasteiger partial charge is 0.329 e. The van der Waals surface area contributed by atoms with E-state index in [4.69, 9.17) is 16.6 Å². The third-order valence-electron chi connectivity index (χ3n) is 4.75. The zero-order valence-electron chi connectivity index (χ0n) is 14.3. The van der Waals surface area contributed by atoms with Gasteiger partial charge in [-0.3, -0.25) is 14.9 Å². The summed E-state index contributed by atoms with van der Waals surface area (Å²) in [5.41, 5.74) is 0.952. The van der Waals surface area contributed by atoms with E-state index in [1.807, 2.05) is 24.3 Å². The Labute approximate surface area is 164 Å². The van der Waals surface area contributed by atoms with E-state index in [1.165, 1.54) is 12.1 Å². The maximum Gasteiger partial charge on any atom is 0.288 e. The van der Waals surface area contributed by atoms with Gasteiger partial charge in [0.15, 0.2) is 0 Å². The van der Waals surface area contributed by atoms with Crippen molar-refractivity contribution in [2.45, 2.75) is 25.3 Å². The second kappa shape index (κ2) is 7.25. The van der Waals surface area contributed by atoms with Gasteiger partial charge in [-0.1, -0.05) is 23.7 Å². The molecule has 2 aromatic carbocycles. The number of amides is 1. The van der Waals surface area contributed by atoms with Crippen LogP contribution in [0.5, 0.6) is 0 Å². The first-order valence-corrected chi connectivity index (χ1v) is 9.84. The third-order valence-corrected chi connectivity index (χ3v) is 6.21. The molecule has 27 heavy (non-hydrogen) atoms. The number of nitro benzene ring substituents is 1. The molecule has 1 atom stereocenters. The molecule has 3 aromatic rings. The Morgan fingerprint density at radius 3 is 2.85 bits per heavy atom. The Balaban J connectivity index is 1.69. The standard InChI is InChI=1S/C19H16ClN3O3S/c20-13-9-8-12(11-16(13)23(25)26)19(24)22-10-4-3-6-15(22)18-21-14-5-1-2-7-17(14)27-18/h1-2,5,7-9,11,15H,3-4,6,10H2. The normalized spacial score (nSPS) is 17.2. The lowest BCUT2D eigenvalue weighted by Crippen LogP contribution is -2.38. The number of nitrogens with zero attached hydrogens (tertiary/aromatic N) is 3. The molecule has 0 spiro atoms. The zero-order chi connectivity index (χ0) is 19.0. The fraction of sp³-hybridized carbons (Fsp3) is 0.263. The summed E-state index contributed by atoms with van der Waals surface area (Å²) in [5.74, 6) is -0.223. The number of benzene rings is 2. The number of likely N-dealkylation sites (tertiary alicyclic amines) is 1. The number of nitro groups is 1. The third kappa shape index (κ3) is 3.40. The van der Waals surface area contributed by atoms with Crippen LogP contribution in [0, 0.1) is 10.1 Å². The maximum atomic E-state index is 13.1. The van der Waals surface area contributed by atoms with Crippen LogP contribution < -0.4 is 0 Å². The van der Waals surface area contributed by atoms with Crippen LogP contribution in [0.4, 0.5) is 5.69 Å². The van der Waals surface area contributed by atoms with E-state index in [0.29, 0.717) is 6.54 Å². The van der Waals surface area contributed by atoms with E-state index in [9.17, 15) is 14.9 Å². The smallest absolute Gasteiger partial charge is 0.288 e. The molecule has 1 fully saturated rings. The highest BCUT2D eigenvalue weighted by Gasteiger charge is 2.31. The van der Waals surface area contributed by atoms with Gasteiger partial charge in [0, 0.05) is 18.2 Å². The molecule has 0 radical (unpaired) electrons. The number of carbonyl (C=O) groups is 1. The first-order chi connectivity index (χ1) is 13.0. The van der Waals surface area contributed by atoms with Gasteiger partial charge in [-0.25, -0.2) is 4.98 Å². The number of halogens is 1. The molecule has 4 rings (SSSR count). The van der Waals surface area contributed by atoms with Crippen LogP contribution in [-0.2, 0) is 0 Å². The van der Waals surface area contributed by atoms with Crippen molar-refractivity contribution >= 4 is 44.7 Å². The quantitative estimate of drug-likeness (QED) is 0.445. The molecule has 1 amide bonds. The number of thiazole rings is 1. The molecule has 1 aliphatic rings. The summed E-state index contributed by atoms with van der Waals surface area (Å²) in [4.78, 5) is 30.2. The molecule has 0 N–H and O–H groups in total. The first-order valence-electron chi connectivity index (χ1n) is 8.65. The van der Waals surface area contributed by atoms with Crippen LogP contribution in [0.25, 0.3) is 10.2 Å². The number of aromatic nitrogens is 1. The number of fused-ring (bicyclic) bond motifs is 1. The molecule has 138 valence electrons. The highest BCUT2D eigenvalue weighted by atomic mass is 35.5. The van der Waals surface area contributed by atoms with E-state index < -0.39 is 4.92 Å². The predicted octanol–water partition coefficient (Wildman–Crippen LogP) is 5.23. The summed E-state index contributed by atoms with van der Waals surface area (Å²) in [6.45, 7) is 0.607. The molecule has 1 aromatic heterocycles. The highest BCUT2D eigenvalue weighted by Crippen LogP contribution is 2.37. The van der Waals surface area contributed by atoms with Gasteiger partial charge in [0.2, 0.25) is 0 Å². The van der Waals surface area contributed by atoms with E-state index >= 15 is 0 Å². The Kier molecular flexibility index (Phi) is 4.80. The molecule has 1 aliphatic heterocycles. The summed E-state index contributed by atoms with van der Waals surface area (Å²) in [5, 5.41) is 12.1. The monoisotopic (exact) mass is 401 g/mol. The minimum Gasteiger partial charge on any atom is -0.329 e. The van der Waals surface area contributed by atoms with Crippen LogP contribution >= 0.6 is 22.9 Å². The van der Waals surface area contributed by atoms with Crippen LogP contribution in [0.1, 0.15) is 40.7 Å². The number of piperidine rings is 1. The van der Waals surface area contributed by atoms with Crippen LogP contribution in [-0.4, -0.2) is 27.3 Å². The molecule has 0 aliphatic carbocycles. The van der Waals surface area contributed by atoms with Crippen molar-refractivity contribution in [2.75, 3.05) is 6.54 Å². The van der Waals surface area contributed by atoms with Gasteiger partial charge < -0.3 is 4.90 Å². The highest BCUT2D eigenvalue weighted by molar-refractivity contribution is 7.18. The molecular weight excluding hydrogens is 386 g/mol. The Morgan fingerprint density at radius 1 is 1.26 bits per heavy atom. The number of hydrogen-bond acceptors (Lipinski definition) is 5.